The molecule has 1 aliphatic heterocycles. The number of ketones is 1. The van der Waals surface area contributed by atoms with E-state index in [9.17, 15) is 13.6 Å². The first-order valence-corrected chi connectivity index (χ1v) is 10.7. The maximum absolute atomic E-state index is 13.4. The Morgan fingerprint density at radius 2 is 1.85 bits per heavy atom. The number of fused-ring (bicyclic) bond motifs is 1. The molecule has 3 atom stereocenters. The summed E-state index contributed by atoms with van der Waals surface area (Å²) in [7, 11) is 0. The van der Waals surface area contributed by atoms with Crippen molar-refractivity contribution in [2.24, 2.45) is 17.8 Å². The van der Waals surface area contributed by atoms with Gasteiger partial charge in [0.25, 0.3) is 5.92 Å². The predicted octanol–water partition coefficient (Wildman–Crippen LogP) is 5.20. The quantitative estimate of drug-likeness (QED) is 0.653. The average molecular weight is 376 g/mol. The fourth-order valence-corrected chi connectivity index (χ4v) is 5.41. The van der Waals surface area contributed by atoms with Crippen LogP contribution in [0.25, 0.3) is 0 Å². The first-order chi connectivity index (χ1) is 12.9. The lowest BCUT2D eigenvalue weighted by Crippen LogP contribution is -2.37. The molecule has 4 heteroatoms. The molecular formula is C23H31F2NO. The maximum atomic E-state index is 13.4. The van der Waals surface area contributed by atoms with Crippen LogP contribution in [0.15, 0.2) is 24.3 Å². The van der Waals surface area contributed by atoms with Crippen molar-refractivity contribution >= 4 is 5.78 Å². The van der Waals surface area contributed by atoms with E-state index in [1.807, 2.05) is 6.07 Å². The number of likely N-dealkylation sites (tertiary alicyclic amines) is 1. The zero-order valence-corrected chi connectivity index (χ0v) is 16.3. The minimum Gasteiger partial charge on any atom is -0.300 e. The number of Topliss-reactive ketones (excluding diaryl/α,β-unsaturated/α-hetero) is 1. The van der Waals surface area contributed by atoms with E-state index in [0.29, 0.717) is 30.5 Å². The van der Waals surface area contributed by atoms with E-state index in [-0.39, 0.29) is 11.5 Å². The zero-order valence-electron chi connectivity index (χ0n) is 16.3. The molecule has 148 valence electrons. The third-order valence-electron chi connectivity index (χ3n) is 7.01. The topological polar surface area (TPSA) is 20.3 Å². The van der Waals surface area contributed by atoms with E-state index in [1.54, 1.807) is 12.1 Å². The summed E-state index contributed by atoms with van der Waals surface area (Å²) in [6.45, 7) is 3.18. The van der Waals surface area contributed by atoms with E-state index in [4.69, 9.17) is 0 Å². The van der Waals surface area contributed by atoms with E-state index in [0.717, 1.165) is 38.0 Å². The minimum absolute atomic E-state index is 0.0610. The summed E-state index contributed by atoms with van der Waals surface area (Å²) in [6.07, 6.45) is 8.85. The van der Waals surface area contributed by atoms with Crippen molar-refractivity contribution < 1.29 is 13.6 Å². The molecule has 3 fully saturated rings. The van der Waals surface area contributed by atoms with Crippen LogP contribution in [0.3, 0.4) is 0 Å². The maximum Gasteiger partial charge on any atom is 0.270 e. The Hall–Kier alpha value is -1.29. The molecule has 27 heavy (non-hydrogen) atoms. The molecule has 0 amide bonds. The van der Waals surface area contributed by atoms with Gasteiger partial charge in [-0.2, -0.15) is 0 Å². The molecule has 1 saturated heterocycles. The Balaban J connectivity index is 1.21. The first kappa shape index (κ1) is 19.0. The van der Waals surface area contributed by atoms with Crippen LogP contribution in [-0.2, 0) is 17.1 Å². The summed E-state index contributed by atoms with van der Waals surface area (Å²) < 4.78 is 26.9. The number of hydrogen-bond donors (Lipinski definition) is 0. The number of aryl methyl sites for hydroxylation is 1. The largest absolute Gasteiger partial charge is 0.300 e. The Labute approximate surface area is 161 Å². The third-order valence-corrected chi connectivity index (χ3v) is 7.01. The number of benzene rings is 1. The van der Waals surface area contributed by atoms with Gasteiger partial charge in [0.15, 0.2) is 0 Å². The molecule has 0 aromatic heterocycles. The lowest BCUT2D eigenvalue weighted by Gasteiger charge is -2.32. The van der Waals surface area contributed by atoms with Crippen LogP contribution in [0.5, 0.6) is 0 Å². The second-order valence-electron chi connectivity index (χ2n) is 9.01. The molecule has 1 aromatic carbocycles. The molecule has 4 rings (SSSR count). The fraction of sp³-hybridized carbons (Fsp3) is 0.696. The van der Waals surface area contributed by atoms with Crippen molar-refractivity contribution in [2.75, 3.05) is 13.1 Å². The molecule has 2 nitrogen and oxygen atoms in total. The summed E-state index contributed by atoms with van der Waals surface area (Å²) in [6, 6.07) is 7.39. The fourth-order valence-electron chi connectivity index (χ4n) is 5.41. The molecule has 0 bridgehead atoms. The number of carbonyl (C=O) groups is 1. The lowest BCUT2D eigenvalue weighted by atomic mass is 9.94. The highest BCUT2D eigenvalue weighted by molar-refractivity contribution is 5.84. The Bertz CT molecular complexity index is 665. The number of piperidine rings is 1. The molecule has 2 aliphatic carbocycles. The molecule has 3 aliphatic rings. The Morgan fingerprint density at radius 3 is 2.52 bits per heavy atom. The van der Waals surface area contributed by atoms with Gasteiger partial charge < -0.3 is 0 Å². The third kappa shape index (κ3) is 4.26. The summed E-state index contributed by atoms with van der Waals surface area (Å²) in [5.41, 5.74) is 0.965. The van der Waals surface area contributed by atoms with Crippen molar-refractivity contribution in [2.45, 2.75) is 70.3 Å². The minimum atomic E-state index is -2.80. The van der Waals surface area contributed by atoms with Gasteiger partial charge in [-0.05, 0) is 49.1 Å². The summed E-state index contributed by atoms with van der Waals surface area (Å²) >= 11 is 0. The van der Waals surface area contributed by atoms with Crippen molar-refractivity contribution in [3.63, 3.8) is 0 Å². The van der Waals surface area contributed by atoms with Crippen LogP contribution in [0.4, 0.5) is 8.78 Å². The van der Waals surface area contributed by atoms with Gasteiger partial charge in [-0.3, -0.25) is 9.69 Å². The molecule has 0 radical (unpaired) electrons. The van der Waals surface area contributed by atoms with E-state index in [1.165, 1.54) is 38.2 Å². The van der Waals surface area contributed by atoms with Gasteiger partial charge in [-0.1, -0.05) is 37.5 Å². The number of hydrogen-bond acceptors (Lipinski definition) is 2. The highest BCUT2D eigenvalue weighted by Gasteiger charge is 2.59. The standard InChI is InChI=1S/C23H31F2NO/c1-23(24,25)17-9-5-7-16(13-17)8-6-12-21(27)22-19-14-26(15-20(19)22)18-10-3-2-4-11-18/h5,7,9,13,18-20,22H,2-4,6,8,10-12,14-15H2,1H3/t19-,20+,22?. The molecule has 1 heterocycles. The zero-order chi connectivity index (χ0) is 19.0. The highest BCUT2D eigenvalue weighted by atomic mass is 19.3. The summed E-state index contributed by atoms with van der Waals surface area (Å²) in [5, 5.41) is 0. The van der Waals surface area contributed by atoms with Gasteiger partial charge in [-0.15, -0.1) is 0 Å². The van der Waals surface area contributed by atoms with E-state index in [2.05, 4.69) is 4.90 Å². The molecule has 1 aromatic rings. The van der Waals surface area contributed by atoms with Crippen LogP contribution >= 0.6 is 0 Å². The first-order valence-electron chi connectivity index (χ1n) is 10.7. The Morgan fingerprint density at radius 1 is 1.15 bits per heavy atom. The van der Waals surface area contributed by atoms with Gasteiger partial charge >= 0.3 is 0 Å². The van der Waals surface area contributed by atoms with Gasteiger partial charge in [0.1, 0.15) is 5.78 Å². The number of alkyl halides is 2. The van der Waals surface area contributed by atoms with Gasteiger partial charge in [-0.25, -0.2) is 8.78 Å². The lowest BCUT2D eigenvalue weighted by molar-refractivity contribution is -0.121. The van der Waals surface area contributed by atoms with E-state index >= 15 is 0 Å². The number of halogens is 2. The Kier molecular flexibility index (Phi) is 5.37. The number of nitrogens with zero attached hydrogens (tertiary/aromatic N) is 1. The van der Waals surface area contributed by atoms with Gasteiger partial charge in [0, 0.05) is 44.0 Å². The van der Waals surface area contributed by atoms with E-state index < -0.39 is 5.92 Å². The van der Waals surface area contributed by atoms with Crippen molar-refractivity contribution in [1.82, 2.24) is 4.90 Å². The smallest absolute Gasteiger partial charge is 0.270 e. The summed E-state index contributed by atoms with van der Waals surface area (Å²) in [5.74, 6) is -0.911. The molecule has 1 unspecified atom stereocenters. The van der Waals surface area contributed by atoms with Gasteiger partial charge in [0.2, 0.25) is 0 Å². The molecule has 0 N–H and O–H groups in total. The average Bonchev–Trinajstić information content (AvgIpc) is 3.16. The van der Waals surface area contributed by atoms with Crippen molar-refractivity contribution in [3.05, 3.63) is 35.4 Å². The second kappa shape index (κ2) is 7.62. The highest BCUT2D eigenvalue weighted by Crippen LogP contribution is 2.53. The SMILES string of the molecule is CC(F)(F)c1cccc(CCCC(=O)C2[C@H]3CN(C4CCCCC4)C[C@@H]23)c1. The van der Waals surface area contributed by atoms with Crippen LogP contribution in [0.1, 0.15) is 63.0 Å². The molecule has 2 saturated carbocycles. The number of carbonyl (C=O) groups excluding carboxylic acids is 1. The summed E-state index contributed by atoms with van der Waals surface area (Å²) in [4.78, 5) is 15.2. The van der Waals surface area contributed by atoms with Crippen molar-refractivity contribution in [1.29, 1.82) is 0 Å². The molecule has 0 spiro atoms. The van der Waals surface area contributed by atoms with Gasteiger partial charge in [0.05, 0.1) is 0 Å². The second-order valence-corrected chi connectivity index (χ2v) is 9.01. The van der Waals surface area contributed by atoms with Crippen molar-refractivity contribution in [3.8, 4) is 0 Å². The van der Waals surface area contributed by atoms with Crippen LogP contribution in [0, 0.1) is 17.8 Å². The normalized spacial score (nSPS) is 28.9. The van der Waals surface area contributed by atoms with Crippen LogP contribution in [-0.4, -0.2) is 29.8 Å². The predicted molar refractivity (Wildman–Crippen MR) is 103 cm³/mol. The molecular weight excluding hydrogens is 344 g/mol. The monoisotopic (exact) mass is 375 g/mol. The van der Waals surface area contributed by atoms with Crippen LogP contribution < -0.4 is 0 Å². The van der Waals surface area contributed by atoms with Crippen LogP contribution in [0.2, 0.25) is 0 Å². The number of rotatable bonds is 7.